The lowest BCUT2D eigenvalue weighted by atomic mass is 10.1. The van der Waals surface area contributed by atoms with Crippen molar-refractivity contribution in [3.05, 3.63) is 0 Å². The molecule has 0 saturated heterocycles. The Morgan fingerprint density at radius 2 is 0.846 bits per heavy atom. The summed E-state index contributed by atoms with van der Waals surface area (Å²) in [5, 5.41) is 12.6. The Balaban J connectivity index is 5.17. The van der Waals surface area contributed by atoms with E-state index in [2.05, 4.69) is 57.0 Å². The molecule has 0 aliphatic carbocycles. The van der Waals surface area contributed by atoms with Gasteiger partial charge in [-0.1, -0.05) is 41.5 Å². The number of nitrogens with zero attached hydrogens (tertiary/aromatic N) is 3. The highest BCUT2D eigenvalue weighted by molar-refractivity contribution is 6.59. The summed E-state index contributed by atoms with van der Waals surface area (Å²) in [4.78, 5) is 0. The Labute approximate surface area is 161 Å². The van der Waals surface area contributed by atoms with Crippen molar-refractivity contribution < 1.29 is 13.6 Å². The molecule has 0 rings (SSSR count). The molecule has 0 aliphatic heterocycles. The van der Waals surface area contributed by atoms with E-state index in [0.717, 1.165) is 36.4 Å². The molecule has 7 heteroatoms. The second-order valence-electron chi connectivity index (χ2n) is 8.41. The van der Waals surface area contributed by atoms with Crippen LogP contribution < -0.4 is 0 Å². The van der Waals surface area contributed by atoms with Crippen molar-refractivity contribution in [2.24, 2.45) is 33.2 Å². The molecule has 0 aromatic heterocycles. The van der Waals surface area contributed by atoms with Gasteiger partial charge in [-0.25, -0.2) is 0 Å². The van der Waals surface area contributed by atoms with Gasteiger partial charge >= 0.3 is 8.80 Å². The van der Waals surface area contributed by atoms with Crippen molar-refractivity contribution in [1.29, 1.82) is 0 Å². The quantitative estimate of drug-likeness (QED) is 0.240. The number of rotatable bonds is 12. The summed E-state index contributed by atoms with van der Waals surface area (Å²) in [6.07, 6.45) is 2.57. The number of hydrogen-bond acceptors (Lipinski definition) is 6. The van der Waals surface area contributed by atoms with E-state index in [1.54, 1.807) is 6.55 Å². The van der Waals surface area contributed by atoms with E-state index in [1.165, 1.54) is 0 Å². The first-order chi connectivity index (χ1) is 11.9. The zero-order chi connectivity index (χ0) is 20.3. The molecule has 0 aromatic carbocycles. The van der Waals surface area contributed by atoms with Crippen LogP contribution in [0, 0.1) is 17.8 Å². The Hall–Kier alpha value is -1.37. The molecule has 0 unspecified atom stereocenters. The van der Waals surface area contributed by atoms with E-state index in [1.807, 2.05) is 20.8 Å². The lowest BCUT2D eigenvalue weighted by Crippen LogP contribution is -2.38. The molecule has 0 aliphatic rings. The van der Waals surface area contributed by atoms with Gasteiger partial charge in [-0.3, -0.25) is 0 Å². The zero-order valence-electron chi connectivity index (χ0n) is 18.4. The van der Waals surface area contributed by atoms with Gasteiger partial charge in [-0.2, -0.15) is 0 Å². The van der Waals surface area contributed by atoms with Crippen molar-refractivity contribution in [2.75, 3.05) is 0 Å². The van der Waals surface area contributed by atoms with Crippen LogP contribution in [0.25, 0.3) is 0 Å². The van der Waals surface area contributed by atoms with Crippen LogP contribution in [0.3, 0.4) is 0 Å². The van der Waals surface area contributed by atoms with Crippen LogP contribution in [0.5, 0.6) is 0 Å². The molecule has 0 bridgehead atoms. The molecule has 0 aromatic rings. The van der Waals surface area contributed by atoms with Gasteiger partial charge in [0.25, 0.3) is 0 Å². The summed E-state index contributed by atoms with van der Waals surface area (Å²) in [5.74, 6) is 1.53. The van der Waals surface area contributed by atoms with Crippen molar-refractivity contribution in [2.45, 2.75) is 88.1 Å². The monoisotopic (exact) mass is 385 g/mol. The zero-order valence-corrected chi connectivity index (χ0v) is 19.4. The van der Waals surface area contributed by atoms with Gasteiger partial charge in [0.05, 0.1) is 17.1 Å². The minimum absolute atomic E-state index is 0.509. The molecular weight excluding hydrogens is 346 g/mol. The summed E-state index contributed by atoms with van der Waals surface area (Å²) in [5.41, 5.74) is 2.70. The van der Waals surface area contributed by atoms with Crippen LogP contribution in [0.15, 0.2) is 15.5 Å². The third-order valence-corrected chi connectivity index (χ3v) is 4.48. The predicted molar refractivity (Wildman–Crippen MR) is 113 cm³/mol. The minimum atomic E-state index is -3.15. The molecule has 0 atom stereocenters. The van der Waals surface area contributed by atoms with Crippen molar-refractivity contribution in [3.63, 3.8) is 0 Å². The topological polar surface area (TPSA) is 64.8 Å². The molecule has 6 nitrogen and oxygen atoms in total. The molecule has 152 valence electrons. The van der Waals surface area contributed by atoms with Crippen LogP contribution in [0.2, 0.25) is 6.55 Å². The second kappa shape index (κ2) is 12.1. The van der Waals surface area contributed by atoms with E-state index >= 15 is 0 Å². The fourth-order valence-corrected chi connectivity index (χ4v) is 3.48. The standard InChI is InChI=1S/C19H39N3O3Si/c1-14(2)11-17(7)20-23-26(10,24-21-18(8)12-15(3)4)25-22-19(9)13-16(5)6/h14-16H,11-13H2,1-10H3. The lowest BCUT2D eigenvalue weighted by molar-refractivity contribution is 0.0720. The van der Waals surface area contributed by atoms with Crippen LogP contribution in [-0.4, -0.2) is 25.9 Å². The largest absolute Gasteiger partial charge is 0.759 e. The normalized spacial score (nSPS) is 16.3. The molecule has 0 saturated carbocycles. The maximum atomic E-state index is 5.67. The summed E-state index contributed by atoms with van der Waals surface area (Å²) in [7, 11) is -3.15. The first-order valence-corrected chi connectivity index (χ1v) is 11.8. The van der Waals surface area contributed by atoms with Gasteiger partial charge in [0.1, 0.15) is 0 Å². The van der Waals surface area contributed by atoms with E-state index in [-0.39, 0.29) is 0 Å². The molecule has 0 fully saturated rings. The van der Waals surface area contributed by atoms with E-state index in [0.29, 0.717) is 17.8 Å². The van der Waals surface area contributed by atoms with Crippen molar-refractivity contribution in [3.8, 4) is 0 Å². The Morgan fingerprint density at radius 3 is 1.04 bits per heavy atom. The maximum absolute atomic E-state index is 5.67. The Morgan fingerprint density at radius 1 is 0.615 bits per heavy atom. The van der Waals surface area contributed by atoms with Crippen LogP contribution in [-0.2, 0) is 13.6 Å². The van der Waals surface area contributed by atoms with Crippen molar-refractivity contribution >= 4 is 25.9 Å². The highest BCUT2D eigenvalue weighted by Crippen LogP contribution is 2.15. The van der Waals surface area contributed by atoms with E-state index < -0.39 is 8.80 Å². The first-order valence-electron chi connectivity index (χ1n) is 9.58. The molecule has 0 heterocycles. The third kappa shape index (κ3) is 12.9. The van der Waals surface area contributed by atoms with Gasteiger partial charge in [-0.05, 0) is 57.8 Å². The van der Waals surface area contributed by atoms with Gasteiger partial charge in [0.2, 0.25) is 0 Å². The minimum Gasteiger partial charge on any atom is -0.373 e. The van der Waals surface area contributed by atoms with E-state index in [9.17, 15) is 0 Å². The molecule has 0 N–H and O–H groups in total. The van der Waals surface area contributed by atoms with Gasteiger partial charge < -0.3 is 13.6 Å². The third-order valence-electron chi connectivity index (χ3n) is 3.21. The smallest absolute Gasteiger partial charge is 0.373 e. The predicted octanol–water partition coefficient (Wildman–Crippen LogP) is 5.87. The molecule has 0 radical (unpaired) electrons. The number of hydrogen-bond donors (Lipinski definition) is 0. The van der Waals surface area contributed by atoms with Gasteiger partial charge in [-0.15, -0.1) is 15.5 Å². The Kier molecular flexibility index (Phi) is 11.5. The first kappa shape index (κ1) is 24.6. The average molecular weight is 386 g/mol. The van der Waals surface area contributed by atoms with E-state index in [4.69, 9.17) is 13.6 Å². The summed E-state index contributed by atoms with van der Waals surface area (Å²) < 4.78 is 17.0. The molecule has 0 amide bonds. The summed E-state index contributed by atoms with van der Waals surface area (Å²) in [6, 6.07) is 0. The fourth-order valence-electron chi connectivity index (χ4n) is 2.42. The molecule has 0 spiro atoms. The van der Waals surface area contributed by atoms with Crippen LogP contribution in [0.1, 0.15) is 81.6 Å². The molecule has 26 heavy (non-hydrogen) atoms. The van der Waals surface area contributed by atoms with Gasteiger partial charge in [0.15, 0.2) is 0 Å². The highest BCUT2D eigenvalue weighted by atomic mass is 28.4. The summed E-state index contributed by atoms with van der Waals surface area (Å²) >= 11 is 0. The lowest BCUT2D eigenvalue weighted by Gasteiger charge is -2.19. The fraction of sp³-hybridized carbons (Fsp3) is 0.842. The van der Waals surface area contributed by atoms with Crippen molar-refractivity contribution in [1.82, 2.24) is 0 Å². The molecular formula is C19H39N3O3Si. The summed E-state index contributed by atoms with van der Waals surface area (Å²) in [6.45, 7) is 20.4. The average Bonchev–Trinajstić information content (AvgIpc) is 2.47. The highest BCUT2D eigenvalue weighted by Gasteiger charge is 2.45. The van der Waals surface area contributed by atoms with Crippen LogP contribution in [0.4, 0.5) is 0 Å². The van der Waals surface area contributed by atoms with Gasteiger partial charge in [0, 0.05) is 6.55 Å². The van der Waals surface area contributed by atoms with Crippen LogP contribution >= 0.6 is 0 Å². The second-order valence-corrected chi connectivity index (χ2v) is 10.7. The number of oxime groups is 3. The maximum Gasteiger partial charge on any atom is 0.759 e. The Bertz CT molecular complexity index is 431. The SMILES string of the molecule is CC(CC(C)C)=NO[Si](C)(ON=C(C)CC(C)C)ON=C(C)CC(C)C.